The van der Waals surface area contributed by atoms with Crippen LogP contribution >= 0.6 is 0 Å². The van der Waals surface area contributed by atoms with E-state index in [1.807, 2.05) is 61.5 Å². The van der Waals surface area contributed by atoms with Crippen molar-refractivity contribution in [2.75, 3.05) is 20.6 Å². The molecule has 1 heterocycles. The number of carbonyl (C=O) groups is 1. The molecule has 5 heteroatoms. The average molecular weight is 350 g/mol. The second kappa shape index (κ2) is 8.36. The third-order valence-electron chi connectivity index (χ3n) is 4.05. The predicted molar refractivity (Wildman–Crippen MR) is 100 cm³/mol. The minimum atomic E-state index is -0.130. The van der Waals surface area contributed by atoms with Gasteiger partial charge in [-0.25, -0.2) is 0 Å². The van der Waals surface area contributed by atoms with Crippen LogP contribution in [0.5, 0.6) is 11.5 Å². The maximum atomic E-state index is 12.4. The van der Waals surface area contributed by atoms with Gasteiger partial charge in [0.25, 0.3) is 5.91 Å². The van der Waals surface area contributed by atoms with Gasteiger partial charge in [0, 0.05) is 12.1 Å². The number of nitrogens with one attached hydrogen (secondary N) is 1. The molecule has 2 aromatic carbocycles. The van der Waals surface area contributed by atoms with Crippen LogP contribution in [0.4, 0.5) is 0 Å². The fraction of sp³-hybridized carbons (Fsp3) is 0.190. The summed E-state index contributed by atoms with van der Waals surface area (Å²) in [6, 6.07) is 20.4. The second-order valence-corrected chi connectivity index (χ2v) is 6.14. The number of furan rings is 1. The van der Waals surface area contributed by atoms with Gasteiger partial charge in [-0.1, -0.05) is 18.2 Å². The average Bonchev–Trinajstić information content (AvgIpc) is 3.17. The van der Waals surface area contributed by atoms with Gasteiger partial charge in [0.2, 0.25) is 0 Å². The first-order valence-corrected chi connectivity index (χ1v) is 8.44. The molecule has 0 bridgehead atoms. The molecule has 1 aromatic heterocycles. The van der Waals surface area contributed by atoms with E-state index in [9.17, 15) is 4.79 Å². The largest absolute Gasteiger partial charge is 0.468 e. The fourth-order valence-corrected chi connectivity index (χ4v) is 2.61. The predicted octanol–water partition coefficient (Wildman–Crippen LogP) is 4.10. The normalized spacial score (nSPS) is 12.0. The topological polar surface area (TPSA) is 54.7 Å². The number of hydrogen-bond donors (Lipinski definition) is 1. The van der Waals surface area contributed by atoms with Crippen molar-refractivity contribution >= 4 is 5.91 Å². The second-order valence-electron chi connectivity index (χ2n) is 6.14. The first-order chi connectivity index (χ1) is 12.6. The van der Waals surface area contributed by atoms with E-state index in [1.165, 1.54) is 0 Å². The Morgan fingerprint density at radius 1 is 1.00 bits per heavy atom. The monoisotopic (exact) mass is 350 g/mol. The summed E-state index contributed by atoms with van der Waals surface area (Å²) in [6.45, 7) is 0.460. The zero-order valence-electron chi connectivity index (χ0n) is 14.9. The smallest absolute Gasteiger partial charge is 0.251 e. The Bertz CT molecular complexity index is 812. The summed E-state index contributed by atoms with van der Waals surface area (Å²) in [5.74, 6) is 2.14. The summed E-state index contributed by atoms with van der Waals surface area (Å²) in [4.78, 5) is 14.4. The van der Waals surface area contributed by atoms with Crippen LogP contribution < -0.4 is 10.1 Å². The van der Waals surface area contributed by atoms with Gasteiger partial charge in [-0.3, -0.25) is 9.69 Å². The molecular formula is C21H22N2O3. The molecule has 134 valence electrons. The summed E-state index contributed by atoms with van der Waals surface area (Å²) in [6.07, 6.45) is 1.64. The molecule has 0 saturated heterocycles. The van der Waals surface area contributed by atoms with Gasteiger partial charge >= 0.3 is 0 Å². The van der Waals surface area contributed by atoms with Gasteiger partial charge in [0.05, 0.1) is 12.3 Å². The van der Waals surface area contributed by atoms with Crippen LogP contribution in [0.3, 0.4) is 0 Å². The maximum Gasteiger partial charge on any atom is 0.251 e. The number of rotatable bonds is 7. The van der Waals surface area contributed by atoms with Crippen molar-refractivity contribution in [2.24, 2.45) is 0 Å². The zero-order valence-corrected chi connectivity index (χ0v) is 14.9. The van der Waals surface area contributed by atoms with Crippen LogP contribution in [-0.4, -0.2) is 31.4 Å². The molecule has 26 heavy (non-hydrogen) atoms. The van der Waals surface area contributed by atoms with Crippen molar-refractivity contribution in [2.45, 2.75) is 6.04 Å². The molecule has 0 fully saturated rings. The SMILES string of the molecule is CN(C)C(CNC(=O)c1ccc(Oc2ccccc2)cc1)c1ccco1. The van der Waals surface area contributed by atoms with Crippen LogP contribution in [0, 0.1) is 0 Å². The number of nitrogens with zero attached hydrogens (tertiary/aromatic N) is 1. The molecule has 0 spiro atoms. The highest BCUT2D eigenvalue weighted by molar-refractivity contribution is 5.94. The van der Waals surface area contributed by atoms with E-state index in [1.54, 1.807) is 30.5 Å². The molecule has 0 aliphatic heterocycles. The number of likely N-dealkylation sites (N-methyl/N-ethyl adjacent to an activating group) is 1. The first kappa shape index (κ1) is 17.8. The van der Waals surface area contributed by atoms with Gasteiger partial charge in [0.1, 0.15) is 17.3 Å². The summed E-state index contributed by atoms with van der Waals surface area (Å²) >= 11 is 0. The number of benzene rings is 2. The third-order valence-corrected chi connectivity index (χ3v) is 4.05. The number of amides is 1. The van der Waals surface area contributed by atoms with Crippen LogP contribution in [-0.2, 0) is 0 Å². The van der Waals surface area contributed by atoms with E-state index in [-0.39, 0.29) is 11.9 Å². The lowest BCUT2D eigenvalue weighted by atomic mass is 10.1. The van der Waals surface area contributed by atoms with E-state index < -0.39 is 0 Å². The summed E-state index contributed by atoms with van der Waals surface area (Å²) in [5.41, 5.74) is 0.586. The van der Waals surface area contributed by atoms with Crippen molar-refractivity contribution in [1.82, 2.24) is 10.2 Å². The van der Waals surface area contributed by atoms with E-state index in [2.05, 4.69) is 5.32 Å². The van der Waals surface area contributed by atoms with Crippen LogP contribution in [0.2, 0.25) is 0 Å². The number of carbonyl (C=O) groups excluding carboxylic acids is 1. The molecule has 1 atom stereocenters. The molecule has 5 nitrogen and oxygen atoms in total. The summed E-state index contributed by atoms with van der Waals surface area (Å²) in [7, 11) is 3.91. The molecule has 0 aliphatic rings. The molecule has 0 saturated carbocycles. The van der Waals surface area contributed by atoms with Crippen molar-refractivity contribution in [3.63, 3.8) is 0 Å². The van der Waals surface area contributed by atoms with Crippen molar-refractivity contribution in [1.29, 1.82) is 0 Å². The minimum absolute atomic E-state index is 0.0189. The highest BCUT2D eigenvalue weighted by atomic mass is 16.5. The van der Waals surface area contributed by atoms with Crippen LogP contribution in [0.15, 0.2) is 77.4 Å². The molecular weight excluding hydrogens is 328 g/mol. The first-order valence-electron chi connectivity index (χ1n) is 8.44. The van der Waals surface area contributed by atoms with Gasteiger partial charge in [-0.05, 0) is 62.6 Å². The van der Waals surface area contributed by atoms with E-state index in [0.717, 1.165) is 11.5 Å². The molecule has 3 aromatic rings. The summed E-state index contributed by atoms with van der Waals surface area (Å²) < 4.78 is 11.2. The van der Waals surface area contributed by atoms with E-state index in [4.69, 9.17) is 9.15 Å². The van der Waals surface area contributed by atoms with Crippen molar-refractivity contribution < 1.29 is 13.9 Å². The maximum absolute atomic E-state index is 12.4. The third kappa shape index (κ3) is 4.52. The number of ether oxygens (including phenoxy) is 1. The molecule has 1 N–H and O–H groups in total. The lowest BCUT2D eigenvalue weighted by Crippen LogP contribution is -2.34. The van der Waals surface area contributed by atoms with Gasteiger partial charge < -0.3 is 14.5 Å². The van der Waals surface area contributed by atoms with Gasteiger partial charge in [-0.15, -0.1) is 0 Å². The zero-order chi connectivity index (χ0) is 18.4. The Morgan fingerprint density at radius 3 is 2.31 bits per heavy atom. The standard InChI is InChI=1S/C21H22N2O3/c1-23(2)19(20-9-6-14-25-20)15-22-21(24)16-10-12-18(13-11-16)26-17-7-4-3-5-8-17/h3-14,19H,15H2,1-2H3,(H,22,24). The van der Waals surface area contributed by atoms with Gasteiger partial charge in [-0.2, -0.15) is 0 Å². The van der Waals surface area contributed by atoms with Crippen LogP contribution in [0.25, 0.3) is 0 Å². The van der Waals surface area contributed by atoms with Gasteiger partial charge in [0.15, 0.2) is 0 Å². The quantitative estimate of drug-likeness (QED) is 0.697. The number of hydrogen-bond acceptors (Lipinski definition) is 4. The molecule has 1 unspecified atom stereocenters. The van der Waals surface area contributed by atoms with Crippen LogP contribution in [0.1, 0.15) is 22.2 Å². The van der Waals surface area contributed by atoms with E-state index in [0.29, 0.717) is 17.9 Å². The lowest BCUT2D eigenvalue weighted by molar-refractivity contribution is 0.0939. The molecule has 1 amide bonds. The summed E-state index contributed by atoms with van der Waals surface area (Å²) in [5, 5.41) is 2.96. The fourth-order valence-electron chi connectivity index (χ4n) is 2.61. The Hall–Kier alpha value is -3.05. The Balaban J connectivity index is 1.59. The number of para-hydroxylation sites is 1. The Kier molecular flexibility index (Phi) is 5.71. The Morgan fingerprint density at radius 2 is 1.69 bits per heavy atom. The highest BCUT2D eigenvalue weighted by Gasteiger charge is 2.18. The van der Waals surface area contributed by atoms with E-state index >= 15 is 0 Å². The minimum Gasteiger partial charge on any atom is -0.468 e. The molecule has 0 aliphatic carbocycles. The van der Waals surface area contributed by atoms with Crippen molar-refractivity contribution in [3.8, 4) is 11.5 Å². The highest BCUT2D eigenvalue weighted by Crippen LogP contribution is 2.21. The lowest BCUT2D eigenvalue weighted by Gasteiger charge is -2.22. The molecule has 3 rings (SSSR count). The molecule has 0 radical (unpaired) electrons. The Labute approximate surface area is 153 Å². The van der Waals surface area contributed by atoms with Crippen molar-refractivity contribution in [3.05, 3.63) is 84.3 Å².